The van der Waals surface area contributed by atoms with Crippen molar-refractivity contribution in [3.05, 3.63) is 52.8 Å². The van der Waals surface area contributed by atoms with Gasteiger partial charge in [0.1, 0.15) is 0 Å². The van der Waals surface area contributed by atoms with E-state index in [0.29, 0.717) is 6.54 Å². The average Bonchev–Trinajstić information content (AvgIpc) is 3.02. The molecule has 0 unspecified atom stereocenters. The number of carbonyl (C=O) groups is 1. The Hall–Kier alpha value is -2.22. The highest BCUT2D eigenvalue weighted by atomic mass is 16.2. The number of amides is 1. The second-order valence-electron chi connectivity index (χ2n) is 8.97. The highest BCUT2D eigenvalue weighted by Gasteiger charge is 2.25. The van der Waals surface area contributed by atoms with Gasteiger partial charge in [0.2, 0.25) is 5.91 Å². The molecule has 2 aliphatic rings. The molecule has 2 saturated heterocycles. The van der Waals surface area contributed by atoms with Crippen LogP contribution in [0.4, 0.5) is 0 Å². The maximum absolute atomic E-state index is 12.8. The van der Waals surface area contributed by atoms with Gasteiger partial charge in [0.05, 0.1) is 12.2 Å². The summed E-state index contributed by atoms with van der Waals surface area (Å²) in [5.41, 5.74) is 5.07. The minimum Gasteiger partial charge on any atom is -0.339 e. The highest BCUT2D eigenvalue weighted by molar-refractivity contribution is 5.78. The number of hydrogen-bond donors (Lipinski definition) is 0. The van der Waals surface area contributed by atoms with Crippen molar-refractivity contribution in [1.82, 2.24) is 29.4 Å². The molecule has 7 nitrogen and oxygen atoms in total. The Morgan fingerprint density at radius 1 is 0.839 bits per heavy atom. The Kier molecular flexibility index (Phi) is 7.05. The fourth-order valence-electron chi connectivity index (χ4n) is 4.66. The van der Waals surface area contributed by atoms with Gasteiger partial charge in [0, 0.05) is 83.8 Å². The van der Waals surface area contributed by atoms with Crippen LogP contribution in [0.3, 0.4) is 0 Å². The van der Waals surface area contributed by atoms with Crippen molar-refractivity contribution in [1.29, 1.82) is 0 Å². The minimum absolute atomic E-state index is 0.284. The van der Waals surface area contributed by atoms with E-state index >= 15 is 0 Å². The number of nitrogens with zero attached hydrogens (tertiary/aromatic N) is 6. The first-order chi connectivity index (χ1) is 15.0. The van der Waals surface area contributed by atoms with Crippen LogP contribution in [0.25, 0.3) is 0 Å². The van der Waals surface area contributed by atoms with Gasteiger partial charge in [0.15, 0.2) is 0 Å². The van der Waals surface area contributed by atoms with Crippen LogP contribution in [0.2, 0.25) is 0 Å². The van der Waals surface area contributed by atoms with Gasteiger partial charge in [-0.1, -0.05) is 30.3 Å². The lowest BCUT2D eigenvalue weighted by Crippen LogP contribution is -2.53. The molecule has 2 aliphatic heterocycles. The Labute approximate surface area is 186 Å². The van der Waals surface area contributed by atoms with Crippen LogP contribution < -0.4 is 0 Å². The van der Waals surface area contributed by atoms with Crippen molar-refractivity contribution in [3.63, 3.8) is 0 Å². The smallest absolute Gasteiger partial charge is 0.236 e. The van der Waals surface area contributed by atoms with E-state index < -0.39 is 0 Å². The first-order valence-corrected chi connectivity index (χ1v) is 11.5. The fraction of sp³-hybridized carbons (Fsp3) is 0.583. The first-order valence-electron chi connectivity index (χ1n) is 11.5. The lowest BCUT2D eigenvalue weighted by atomic mass is 10.1. The molecule has 168 valence electrons. The molecular weight excluding hydrogens is 388 g/mol. The predicted octanol–water partition coefficient (Wildman–Crippen LogP) is 1.50. The zero-order valence-electron chi connectivity index (χ0n) is 19.3. The molecule has 4 rings (SSSR count). The van der Waals surface area contributed by atoms with Gasteiger partial charge in [-0.3, -0.25) is 24.2 Å². The van der Waals surface area contributed by atoms with Crippen molar-refractivity contribution in [2.45, 2.75) is 26.9 Å². The molecule has 1 aromatic carbocycles. The Balaban J connectivity index is 1.18. The molecule has 0 radical (unpaired) electrons. The molecule has 0 spiro atoms. The van der Waals surface area contributed by atoms with E-state index in [1.807, 2.05) is 11.7 Å². The lowest BCUT2D eigenvalue weighted by Gasteiger charge is -2.38. The van der Waals surface area contributed by atoms with E-state index in [9.17, 15) is 4.79 Å². The Morgan fingerprint density at radius 2 is 1.42 bits per heavy atom. The molecule has 31 heavy (non-hydrogen) atoms. The number of aromatic nitrogens is 2. The lowest BCUT2D eigenvalue weighted by molar-refractivity contribution is -0.134. The molecule has 1 aromatic heterocycles. The van der Waals surface area contributed by atoms with E-state index in [4.69, 9.17) is 0 Å². The predicted molar refractivity (Wildman–Crippen MR) is 123 cm³/mol. The summed E-state index contributed by atoms with van der Waals surface area (Å²) >= 11 is 0. The number of hydrogen-bond acceptors (Lipinski definition) is 5. The number of rotatable bonds is 6. The first kappa shape index (κ1) is 22.0. The molecule has 2 aromatic rings. The fourth-order valence-corrected chi connectivity index (χ4v) is 4.66. The van der Waals surface area contributed by atoms with Crippen LogP contribution in [0.1, 0.15) is 22.5 Å². The molecule has 0 aliphatic carbocycles. The molecular formula is C24H36N6O. The third-order valence-corrected chi connectivity index (χ3v) is 6.84. The number of carbonyl (C=O) groups excluding carboxylic acids is 1. The van der Waals surface area contributed by atoms with Crippen molar-refractivity contribution in [3.8, 4) is 0 Å². The number of benzene rings is 1. The maximum atomic E-state index is 12.8. The topological polar surface area (TPSA) is 47.9 Å². The third kappa shape index (κ3) is 5.53. The van der Waals surface area contributed by atoms with Crippen LogP contribution in [0.15, 0.2) is 30.3 Å². The average molecular weight is 425 g/mol. The van der Waals surface area contributed by atoms with Gasteiger partial charge in [0.25, 0.3) is 0 Å². The number of piperazine rings is 2. The van der Waals surface area contributed by atoms with Crippen LogP contribution in [0.5, 0.6) is 0 Å². The van der Waals surface area contributed by atoms with E-state index in [1.165, 1.54) is 16.8 Å². The summed E-state index contributed by atoms with van der Waals surface area (Å²) in [6.07, 6.45) is 0. The molecule has 2 fully saturated rings. The minimum atomic E-state index is 0.284. The van der Waals surface area contributed by atoms with Crippen LogP contribution in [0, 0.1) is 13.8 Å². The quantitative estimate of drug-likeness (QED) is 0.703. The van der Waals surface area contributed by atoms with E-state index in [1.54, 1.807) is 0 Å². The summed E-state index contributed by atoms with van der Waals surface area (Å²) in [6, 6.07) is 10.6. The van der Waals surface area contributed by atoms with Crippen LogP contribution >= 0.6 is 0 Å². The second kappa shape index (κ2) is 9.94. The SMILES string of the molecule is Cc1nn(C)c(C)c1CN1CCN(CC(=O)N2CCN(Cc3ccccc3)CC2)CC1. The summed E-state index contributed by atoms with van der Waals surface area (Å²) in [5, 5.41) is 4.54. The van der Waals surface area contributed by atoms with Gasteiger partial charge in [-0.05, 0) is 19.4 Å². The normalized spacial score (nSPS) is 19.1. The van der Waals surface area contributed by atoms with Gasteiger partial charge in [-0.2, -0.15) is 5.10 Å². The molecule has 0 bridgehead atoms. The second-order valence-corrected chi connectivity index (χ2v) is 8.97. The zero-order valence-corrected chi connectivity index (χ0v) is 19.3. The van der Waals surface area contributed by atoms with Crippen LogP contribution in [-0.4, -0.2) is 94.2 Å². The molecule has 0 N–H and O–H groups in total. The van der Waals surface area contributed by atoms with Crippen molar-refractivity contribution < 1.29 is 4.79 Å². The summed E-state index contributed by atoms with van der Waals surface area (Å²) in [4.78, 5) is 22.1. The summed E-state index contributed by atoms with van der Waals surface area (Å²) in [7, 11) is 2.01. The Bertz CT molecular complexity index is 864. The standard InChI is InChI=1S/C24H36N6O/c1-20-23(21(2)26(3)25-20)18-28-9-11-29(12-10-28)19-24(31)30-15-13-27(14-16-30)17-22-7-5-4-6-8-22/h4-8H,9-19H2,1-3H3. The van der Waals surface area contributed by atoms with Gasteiger partial charge < -0.3 is 4.90 Å². The third-order valence-electron chi connectivity index (χ3n) is 6.84. The van der Waals surface area contributed by atoms with Gasteiger partial charge in [-0.15, -0.1) is 0 Å². The van der Waals surface area contributed by atoms with Gasteiger partial charge in [-0.25, -0.2) is 0 Å². The van der Waals surface area contributed by atoms with E-state index in [-0.39, 0.29) is 5.91 Å². The largest absolute Gasteiger partial charge is 0.339 e. The van der Waals surface area contributed by atoms with E-state index in [2.05, 4.69) is 68.9 Å². The summed E-state index contributed by atoms with van der Waals surface area (Å²) in [5.74, 6) is 0.284. The summed E-state index contributed by atoms with van der Waals surface area (Å²) < 4.78 is 1.97. The molecule has 0 atom stereocenters. The number of aryl methyl sites for hydroxylation is 2. The molecule has 0 saturated carbocycles. The highest BCUT2D eigenvalue weighted by Crippen LogP contribution is 2.16. The zero-order chi connectivity index (χ0) is 21.8. The van der Waals surface area contributed by atoms with Crippen LogP contribution in [-0.2, 0) is 24.9 Å². The molecule has 1 amide bonds. The Morgan fingerprint density at radius 3 is 2.03 bits per heavy atom. The molecule has 7 heteroatoms. The van der Waals surface area contributed by atoms with Crippen molar-refractivity contribution >= 4 is 5.91 Å². The van der Waals surface area contributed by atoms with Crippen molar-refractivity contribution in [2.75, 3.05) is 58.9 Å². The monoisotopic (exact) mass is 424 g/mol. The van der Waals surface area contributed by atoms with E-state index in [0.717, 1.165) is 71.1 Å². The van der Waals surface area contributed by atoms with Gasteiger partial charge >= 0.3 is 0 Å². The van der Waals surface area contributed by atoms with Crippen molar-refractivity contribution in [2.24, 2.45) is 7.05 Å². The summed E-state index contributed by atoms with van der Waals surface area (Å²) in [6.45, 7) is 14.2. The maximum Gasteiger partial charge on any atom is 0.236 e. The molecule has 3 heterocycles.